The first-order valence-electron chi connectivity index (χ1n) is 32.8. The number of nitrogens with zero attached hydrogens (tertiary/aromatic N) is 1. The Labute approximate surface area is 499 Å². The fourth-order valence-electron chi connectivity index (χ4n) is 8.83. The Morgan fingerprint density at radius 3 is 1.21 bits per heavy atom. The molecule has 81 heavy (non-hydrogen) atoms. The summed E-state index contributed by atoms with van der Waals surface area (Å²) < 4.78 is 30.3. The zero-order valence-corrected chi connectivity index (χ0v) is 53.8. The van der Waals surface area contributed by atoms with Gasteiger partial charge in [-0.05, 0) is 122 Å². The first-order valence-corrected chi connectivity index (χ1v) is 34.3. The van der Waals surface area contributed by atoms with Crippen LogP contribution >= 0.6 is 7.82 Å². The molecule has 0 saturated carbocycles. The van der Waals surface area contributed by atoms with Crippen LogP contribution in [0.1, 0.15) is 265 Å². The second kappa shape index (κ2) is 59.6. The molecule has 3 atom stereocenters. The number of rotatable bonds is 58. The van der Waals surface area contributed by atoms with Gasteiger partial charge in [0, 0.05) is 12.8 Å². The van der Waals surface area contributed by atoms with Gasteiger partial charge in [-0.1, -0.05) is 252 Å². The molecular formula is C71H123N2O7P. The largest absolute Gasteiger partial charge is 0.756 e. The molecule has 1 amide bonds. The zero-order valence-electron chi connectivity index (χ0n) is 52.9. The average molecular weight is 1150 g/mol. The third kappa shape index (κ3) is 60.8. The molecule has 0 spiro atoms. The lowest BCUT2D eigenvalue weighted by molar-refractivity contribution is -0.870. The minimum absolute atomic E-state index is 0.0349. The molecule has 0 bridgehead atoms. The number of unbranched alkanes of at least 4 members (excludes halogenated alkanes) is 24. The minimum Gasteiger partial charge on any atom is -0.756 e. The Morgan fingerprint density at radius 1 is 0.444 bits per heavy atom. The number of phosphoric ester groups is 1. The van der Waals surface area contributed by atoms with E-state index in [0.717, 1.165) is 128 Å². The van der Waals surface area contributed by atoms with Crippen molar-refractivity contribution in [2.75, 3.05) is 40.9 Å². The molecule has 464 valence electrons. The van der Waals surface area contributed by atoms with Crippen molar-refractivity contribution in [3.8, 4) is 0 Å². The summed E-state index contributed by atoms with van der Waals surface area (Å²) in [5.41, 5.74) is 0. The first kappa shape index (κ1) is 77.4. The third-order valence-electron chi connectivity index (χ3n) is 13.9. The Balaban J connectivity index is 5.22. The molecule has 9 nitrogen and oxygen atoms in total. The lowest BCUT2D eigenvalue weighted by Crippen LogP contribution is -2.47. The van der Waals surface area contributed by atoms with E-state index in [1.54, 1.807) is 0 Å². The van der Waals surface area contributed by atoms with E-state index >= 15 is 0 Å². The lowest BCUT2D eigenvalue weighted by Gasteiger charge is -2.30. The summed E-state index contributed by atoms with van der Waals surface area (Å²) in [5.74, 6) is -0.582. The van der Waals surface area contributed by atoms with Gasteiger partial charge in [-0.15, -0.1) is 0 Å². The van der Waals surface area contributed by atoms with E-state index in [-0.39, 0.29) is 31.3 Å². The van der Waals surface area contributed by atoms with Crippen molar-refractivity contribution in [3.05, 3.63) is 122 Å². The molecule has 0 aromatic carbocycles. The fourth-order valence-corrected chi connectivity index (χ4v) is 9.55. The molecular weight excluding hydrogens is 1020 g/mol. The number of nitrogens with one attached hydrogen (secondary N) is 1. The lowest BCUT2D eigenvalue weighted by atomic mass is 10.1. The summed E-state index contributed by atoms with van der Waals surface area (Å²) in [6.45, 7) is 6.66. The highest BCUT2D eigenvalue weighted by Gasteiger charge is 2.27. The number of carbonyl (C=O) groups excluding carboxylic acids is 2. The predicted molar refractivity (Wildman–Crippen MR) is 348 cm³/mol. The molecule has 3 unspecified atom stereocenters. The summed E-state index contributed by atoms with van der Waals surface area (Å²) in [5, 5.41) is 3.02. The van der Waals surface area contributed by atoms with Crippen molar-refractivity contribution >= 4 is 19.7 Å². The molecule has 0 aliphatic heterocycles. The SMILES string of the molecule is CC/C=C\C/C=C\C/C=C\C/C=C\C/C=C\CCCCCCCC(=O)NC(COP(=O)([O-])OCC[N+](C)(C)C)C(/C=C/CCCCCCCCCCC)OC(=O)CCCCCCCCC/C=C\C/C=C\C/C=C\C/C=C\CCCCC. The zero-order chi connectivity index (χ0) is 59.3. The molecule has 0 heterocycles. The van der Waals surface area contributed by atoms with Gasteiger partial charge in [0.15, 0.2) is 0 Å². The number of allylic oxidation sites excluding steroid dienone is 19. The van der Waals surface area contributed by atoms with Gasteiger partial charge < -0.3 is 28.5 Å². The number of ether oxygens (including phenoxy) is 1. The van der Waals surface area contributed by atoms with Gasteiger partial charge in [0.1, 0.15) is 19.3 Å². The van der Waals surface area contributed by atoms with Gasteiger partial charge in [-0.2, -0.15) is 0 Å². The van der Waals surface area contributed by atoms with Gasteiger partial charge in [-0.3, -0.25) is 14.2 Å². The maximum Gasteiger partial charge on any atom is 0.306 e. The van der Waals surface area contributed by atoms with Crippen LogP contribution in [0.3, 0.4) is 0 Å². The van der Waals surface area contributed by atoms with Crippen molar-refractivity contribution in [2.24, 2.45) is 0 Å². The Bertz CT molecular complexity index is 1800. The minimum atomic E-state index is -4.72. The van der Waals surface area contributed by atoms with Crippen molar-refractivity contribution in [1.82, 2.24) is 5.32 Å². The molecule has 0 saturated heterocycles. The predicted octanol–water partition coefficient (Wildman–Crippen LogP) is 20.0. The maximum absolute atomic E-state index is 13.6. The standard InChI is InChI=1S/C71H123N2O7P/c1-7-10-13-16-19-22-25-27-29-31-33-35-36-38-40-42-44-46-49-52-55-58-61-64-71(75)80-69(62-59-56-53-50-47-24-21-18-15-12-9-3)68(67-79-81(76,77)78-66-65-73(4,5)6)72-70(74)63-60-57-54-51-48-45-43-41-39-37-34-32-30-28-26-23-20-17-14-11-8-2/h11,14,19-20,22-23,27-30,33-35,37-38,40-41,43,59,62,68-69H,7-10,12-13,15-18,21,24-26,31-32,36,39,42,44-58,60-61,63-67H2,1-6H3,(H-,72,74,76,77)/b14-11-,22-19-,23-20-,29-27-,30-28-,35-33-,37-34-,40-38-,43-41-,62-59+. The molecule has 0 fully saturated rings. The van der Waals surface area contributed by atoms with Gasteiger partial charge in [-0.25, -0.2) is 0 Å². The molecule has 0 aliphatic rings. The van der Waals surface area contributed by atoms with Crippen LogP contribution in [0.2, 0.25) is 0 Å². The van der Waals surface area contributed by atoms with Crippen LogP contribution in [0, 0.1) is 0 Å². The fraction of sp³-hybridized carbons (Fsp3) is 0.690. The highest BCUT2D eigenvalue weighted by atomic mass is 31.2. The molecule has 0 aromatic rings. The Hall–Kier alpha value is -3.59. The maximum atomic E-state index is 13.6. The summed E-state index contributed by atoms with van der Waals surface area (Å²) in [4.78, 5) is 40.1. The second-order valence-electron chi connectivity index (χ2n) is 22.9. The number of esters is 1. The van der Waals surface area contributed by atoms with Crippen molar-refractivity contribution in [1.29, 1.82) is 0 Å². The smallest absolute Gasteiger partial charge is 0.306 e. The van der Waals surface area contributed by atoms with E-state index in [1.807, 2.05) is 33.3 Å². The van der Waals surface area contributed by atoms with E-state index in [4.69, 9.17) is 13.8 Å². The first-order chi connectivity index (χ1) is 39.4. The van der Waals surface area contributed by atoms with Crippen LogP contribution in [0.5, 0.6) is 0 Å². The average Bonchev–Trinajstić information content (AvgIpc) is 3.44. The van der Waals surface area contributed by atoms with Crippen molar-refractivity contribution in [2.45, 2.75) is 277 Å². The van der Waals surface area contributed by atoms with Gasteiger partial charge in [0.25, 0.3) is 7.82 Å². The molecule has 1 N–H and O–H groups in total. The second-order valence-corrected chi connectivity index (χ2v) is 24.3. The topological polar surface area (TPSA) is 114 Å². The Morgan fingerprint density at radius 2 is 0.790 bits per heavy atom. The summed E-state index contributed by atoms with van der Waals surface area (Å²) >= 11 is 0. The van der Waals surface area contributed by atoms with Crippen LogP contribution in [0.4, 0.5) is 0 Å². The number of amides is 1. The van der Waals surface area contributed by atoms with E-state index < -0.39 is 26.6 Å². The van der Waals surface area contributed by atoms with E-state index in [0.29, 0.717) is 23.9 Å². The summed E-state index contributed by atoms with van der Waals surface area (Å²) in [6, 6.07) is -0.912. The number of hydrogen-bond donors (Lipinski definition) is 1. The number of likely N-dealkylation sites (N-methyl/N-ethyl adjacent to an activating group) is 1. The van der Waals surface area contributed by atoms with Crippen LogP contribution in [-0.2, 0) is 27.9 Å². The van der Waals surface area contributed by atoms with E-state index in [9.17, 15) is 19.0 Å². The quantitative estimate of drug-likeness (QED) is 0.0212. The number of hydrogen-bond acceptors (Lipinski definition) is 7. The van der Waals surface area contributed by atoms with Crippen LogP contribution in [0.25, 0.3) is 0 Å². The monoisotopic (exact) mass is 1150 g/mol. The summed E-state index contributed by atoms with van der Waals surface area (Å²) in [6.07, 6.45) is 83.1. The van der Waals surface area contributed by atoms with Crippen LogP contribution in [-0.4, -0.2) is 69.4 Å². The van der Waals surface area contributed by atoms with Crippen LogP contribution < -0.4 is 10.2 Å². The van der Waals surface area contributed by atoms with Crippen molar-refractivity contribution < 1.29 is 37.3 Å². The van der Waals surface area contributed by atoms with E-state index in [2.05, 4.69) is 135 Å². The number of carbonyl (C=O) groups is 2. The summed E-state index contributed by atoms with van der Waals surface area (Å²) in [7, 11) is 1.15. The van der Waals surface area contributed by atoms with Gasteiger partial charge >= 0.3 is 5.97 Å². The Kier molecular flexibility index (Phi) is 56.9. The molecule has 0 radical (unpaired) electrons. The van der Waals surface area contributed by atoms with Gasteiger partial charge in [0.05, 0.1) is 33.8 Å². The molecule has 0 aromatic heterocycles. The molecule has 10 heteroatoms. The molecule has 0 aliphatic carbocycles. The highest BCUT2D eigenvalue weighted by Crippen LogP contribution is 2.38. The van der Waals surface area contributed by atoms with Gasteiger partial charge in [0.2, 0.25) is 5.91 Å². The highest BCUT2D eigenvalue weighted by molar-refractivity contribution is 7.45. The van der Waals surface area contributed by atoms with Crippen molar-refractivity contribution in [3.63, 3.8) is 0 Å². The number of quaternary nitrogens is 1. The van der Waals surface area contributed by atoms with E-state index in [1.165, 1.54) is 89.9 Å². The van der Waals surface area contributed by atoms with Crippen LogP contribution in [0.15, 0.2) is 122 Å². The number of phosphoric acid groups is 1. The normalized spacial score (nSPS) is 14.4. The third-order valence-corrected chi connectivity index (χ3v) is 14.8. The molecule has 0 rings (SSSR count).